The van der Waals surface area contributed by atoms with Crippen LogP contribution in [0, 0.1) is 0 Å². The highest BCUT2D eigenvalue weighted by atomic mass is 16.5. The molecule has 2 rings (SSSR count). The maximum atomic E-state index is 5.76. The molecule has 0 aliphatic rings. The topological polar surface area (TPSA) is 115 Å². The molecule has 7 heteroatoms. The number of nitrogens with one attached hydrogen (secondary N) is 2. The first kappa shape index (κ1) is 11.4. The third-order valence-electron chi connectivity index (χ3n) is 2.48. The van der Waals surface area contributed by atoms with Crippen molar-refractivity contribution in [3.63, 3.8) is 0 Å². The Bertz CT molecular complexity index is 497. The number of hydrazine groups is 1. The first-order valence-electron chi connectivity index (χ1n) is 5.00. The van der Waals surface area contributed by atoms with Gasteiger partial charge in [-0.25, -0.2) is 5.43 Å². The van der Waals surface area contributed by atoms with Crippen LogP contribution in [0.3, 0.4) is 0 Å². The molecule has 0 saturated carbocycles. The van der Waals surface area contributed by atoms with E-state index in [4.69, 9.17) is 16.3 Å². The van der Waals surface area contributed by atoms with Crippen molar-refractivity contribution in [2.24, 2.45) is 5.84 Å². The lowest BCUT2D eigenvalue weighted by molar-refractivity contribution is 0.411. The second-order valence-corrected chi connectivity index (χ2v) is 3.50. The molecule has 6 N–H and O–H groups in total. The van der Waals surface area contributed by atoms with Crippen LogP contribution in [0.4, 0.5) is 5.82 Å². The van der Waals surface area contributed by atoms with Gasteiger partial charge in [0.05, 0.1) is 25.5 Å². The molecule has 2 aromatic heterocycles. The molecule has 0 radical (unpaired) electrons. The average molecular weight is 234 g/mol. The highest BCUT2D eigenvalue weighted by molar-refractivity contribution is 5.44. The Morgan fingerprint density at radius 2 is 2.24 bits per heavy atom. The number of nitrogens with two attached hydrogens (primary N) is 2. The normalized spacial score (nSPS) is 12.4. The summed E-state index contributed by atoms with van der Waals surface area (Å²) in [7, 11) is 1.58. The minimum atomic E-state index is -0.281. The summed E-state index contributed by atoms with van der Waals surface area (Å²) in [4.78, 5) is 4.07. The van der Waals surface area contributed by atoms with Gasteiger partial charge in [-0.2, -0.15) is 5.10 Å². The number of pyridine rings is 1. The number of methoxy groups -OCH3 is 1. The van der Waals surface area contributed by atoms with E-state index < -0.39 is 0 Å². The van der Waals surface area contributed by atoms with Crippen LogP contribution in [0.2, 0.25) is 0 Å². The van der Waals surface area contributed by atoms with Gasteiger partial charge in [0, 0.05) is 11.8 Å². The summed E-state index contributed by atoms with van der Waals surface area (Å²) in [5, 5.41) is 6.52. The summed E-state index contributed by atoms with van der Waals surface area (Å²) in [5.41, 5.74) is 10.1. The van der Waals surface area contributed by atoms with E-state index in [0.717, 1.165) is 11.1 Å². The van der Waals surface area contributed by atoms with Gasteiger partial charge in [0.25, 0.3) is 0 Å². The quantitative estimate of drug-likeness (QED) is 0.435. The number of nitrogen functional groups attached to an aromatic ring is 1. The number of aromatic amines is 1. The van der Waals surface area contributed by atoms with Gasteiger partial charge in [-0.1, -0.05) is 0 Å². The van der Waals surface area contributed by atoms with E-state index in [2.05, 4.69) is 20.6 Å². The number of hydrogen-bond donors (Lipinski definition) is 4. The highest BCUT2D eigenvalue weighted by Gasteiger charge is 2.17. The van der Waals surface area contributed by atoms with Crippen molar-refractivity contribution in [1.82, 2.24) is 20.6 Å². The molecule has 2 heterocycles. The monoisotopic (exact) mass is 234 g/mol. The van der Waals surface area contributed by atoms with Crippen molar-refractivity contribution < 1.29 is 4.74 Å². The minimum Gasteiger partial charge on any atom is -0.495 e. The van der Waals surface area contributed by atoms with Crippen molar-refractivity contribution in [1.29, 1.82) is 0 Å². The maximum absolute atomic E-state index is 5.76. The van der Waals surface area contributed by atoms with Crippen LogP contribution < -0.4 is 21.7 Å². The highest BCUT2D eigenvalue weighted by Crippen LogP contribution is 2.25. The molecule has 17 heavy (non-hydrogen) atoms. The Labute approximate surface area is 98.1 Å². The van der Waals surface area contributed by atoms with Crippen molar-refractivity contribution in [2.75, 3.05) is 12.8 Å². The van der Waals surface area contributed by atoms with Crippen molar-refractivity contribution in [3.8, 4) is 5.75 Å². The van der Waals surface area contributed by atoms with E-state index in [0.29, 0.717) is 11.6 Å². The second kappa shape index (κ2) is 4.81. The van der Waals surface area contributed by atoms with Crippen molar-refractivity contribution in [3.05, 3.63) is 35.8 Å². The summed E-state index contributed by atoms with van der Waals surface area (Å²) in [6.07, 6.45) is 4.94. The van der Waals surface area contributed by atoms with Crippen molar-refractivity contribution >= 4 is 5.82 Å². The SMILES string of the molecule is COc1cncc(C(NN)c2cn[nH]c2N)c1. The molecule has 0 spiro atoms. The zero-order chi connectivity index (χ0) is 12.3. The molecule has 7 nitrogen and oxygen atoms in total. The molecule has 2 aromatic rings. The predicted molar refractivity (Wildman–Crippen MR) is 63.0 cm³/mol. The summed E-state index contributed by atoms with van der Waals surface area (Å²) >= 11 is 0. The molecule has 0 bridgehead atoms. The number of ether oxygens (including phenoxy) is 1. The van der Waals surface area contributed by atoms with E-state index in [1.807, 2.05) is 6.07 Å². The van der Waals surface area contributed by atoms with Crippen LogP contribution in [0.25, 0.3) is 0 Å². The van der Waals surface area contributed by atoms with Gasteiger partial charge in [-0.15, -0.1) is 0 Å². The molecule has 0 aliphatic carbocycles. The molecule has 0 aliphatic heterocycles. The summed E-state index contributed by atoms with van der Waals surface area (Å²) in [6.45, 7) is 0. The number of aromatic nitrogens is 3. The fraction of sp³-hybridized carbons (Fsp3) is 0.200. The van der Waals surface area contributed by atoms with E-state index in [1.165, 1.54) is 0 Å². The number of nitrogens with zero attached hydrogens (tertiary/aromatic N) is 2. The van der Waals surface area contributed by atoms with E-state index in [9.17, 15) is 0 Å². The lowest BCUT2D eigenvalue weighted by atomic mass is 10.0. The standard InChI is InChI=1S/C10H14N6O/c1-17-7-2-6(3-13-4-7)9(15-12)8-5-14-16-10(8)11/h2-5,9,15H,12H2,1H3,(H3,11,14,16). The lowest BCUT2D eigenvalue weighted by Crippen LogP contribution is -2.29. The average Bonchev–Trinajstić information content (AvgIpc) is 2.77. The van der Waals surface area contributed by atoms with Gasteiger partial charge in [0.2, 0.25) is 0 Å². The summed E-state index contributed by atoms with van der Waals surface area (Å²) < 4.78 is 5.11. The molecule has 0 saturated heterocycles. The predicted octanol–water partition coefficient (Wildman–Crippen LogP) is -0.0518. The molecule has 90 valence electrons. The van der Waals surface area contributed by atoms with Gasteiger partial charge in [-0.05, 0) is 11.6 Å². The number of H-pyrrole nitrogens is 1. The van der Waals surface area contributed by atoms with Crippen LogP contribution >= 0.6 is 0 Å². The Morgan fingerprint density at radius 1 is 1.41 bits per heavy atom. The van der Waals surface area contributed by atoms with Gasteiger partial charge < -0.3 is 10.5 Å². The largest absolute Gasteiger partial charge is 0.495 e. The number of hydrogen-bond acceptors (Lipinski definition) is 6. The number of anilines is 1. The van der Waals surface area contributed by atoms with Gasteiger partial charge in [0.15, 0.2) is 0 Å². The Kier molecular flexibility index (Phi) is 3.22. The first-order chi connectivity index (χ1) is 8.26. The second-order valence-electron chi connectivity index (χ2n) is 3.50. The smallest absolute Gasteiger partial charge is 0.137 e. The van der Waals surface area contributed by atoms with Gasteiger partial charge in [0.1, 0.15) is 11.6 Å². The summed E-state index contributed by atoms with van der Waals surface area (Å²) in [5.74, 6) is 6.67. The fourth-order valence-electron chi connectivity index (χ4n) is 1.61. The molecular weight excluding hydrogens is 220 g/mol. The molecule has 0 aromatic carbocycles. The Balaban J connectivity index is 2.38. The Morgan fingerprint density at radius 3 is 2.82 bits per heavy atom. The molecule has 1 unspecified atom stereocenters. The minimum absolute atomic E-state index is 0.281. The van der Waals surface area contributed by atoms with E-state index in [1.54, 1.807) is 25.7 Å². The third-order valence-corrected chi connectivity index (χ3v) is 2.48. The Hall–Kier alpha value is -2.12. The molecule has 0 fully saturated rings. The molecular formula is C10H14N6O. The first-order valence-corrected chi connectivity index (χ1v) is 5.00. The molecule has 0 amide bonds. The number of rotatable bonds is 4. The van der Waals surface area contributed by atoms with Crippen LogP contribution in [0.1, 0.15) is 17.2 Å². The van der Waals surface area contributed by atoms with Crippen LogP contribution in [0.15, 0.2) is 24.7 Å². The zero-order valence-corrected chi connectivity index (χ0v) is 9.34. The lowest BCUT2D eigenvalue weighted by Gasteiger charge is -2.15. The van der Waals surface area contributed by atoms with E-state index in [-0.39, 0.29) is 6.04 Å². The molecule has 1 atom stereocenters. The zero-order valence-electron chi connectivity index (χ0n) is 9.34. The van der Waals surface area contributed by atoms with Crippen molar-refractivity contribution in [2.45, 2.75) is 6.04 Å². The van der Waals surface area contributed by atoms with Crippen LogP contribution in [-0.4, -0.2) is 22.3 Å². The third kappa shape index (κ3) is 2.19. The van der Waals surface area contributed by atoms with E-state index >= 15 is 0 Å². The van der Waals surface area contributed by atoms with Gasteiger partial charge in [-0.3, -0.25) is 15.9 Å². The fourth-order valence-corrected chi connectivity index (χ4v) is 1.61. The maximum Gasteiger partial charge on any atom is 0.137 e. The summed E-state index contributed by atoms with van der Waals surface area (Å²) in [6, 6.07) is 1.56. The van der Waals surface area contributed by atoms with Crippen LogP contribution in [-0.2, 0) is 0 Å². The van der Waals surface area contributed by atoms with Gasteiger partial charge >= 0.3 is 0 Å². The van der Waals surface area contributed by atoms with Crippen LogP contribution in [0.5, 0.6) is 5.75 Å².